The number of anilines is 1. The molecule has 0 aromatic heterocycles. The molecule has 0 heterocycles. The lowest BCUT2D eigenvalue weighted by Crippen LogP contribution is -2.23. The third-order valence-electron chi connectivity index (χ3n) is 3.10. The first-order valence-electron chi connectivity index (χ1n) is 6.96. The van der Waals surface area contributed by atoms with E-state index in [-0.39, 0.29) is 17.0 Å². The van der Waals surface area contributed by atoms with Gasteiger partial charge in [-0.15, -0.1) is 0 Å². The van der Waals surface area contributed by atoms with Crippen LogP contribution >= 0.6 is 0 Å². The summed E-state index contributed by atoms with van der Waals surface area (Å²) >= 11 is 0. The molecule has 7 heteroatoms. The Balaban J connectivity index is 2.05. The van der Waals surface area contributed by atoms with Crippen LogP contribution in [0.2, 0.25) is 0 Å². The van der Waals surface area contributed by atoms with Gasteiger partial charge in [0.2, 0.25) is 10.0 Å². The van der Waals surface area contributed by atoms with Gasteiger partial charge < -0.3 is 5.32 Å². The Hall–Kier alpha value is -3.13. The molecule has 120 valence electrons. The average molecular weight is 338 g/mol. The van der Waals surface area contributed by atoms with Gasteiger partial charge in [0.25, 0.3) is 0 Å². The van der Waals surface area contributed by atoms with E-state index in [1.807, 2.05) is 30.3 Å². The minimum atomic E-state index is -3.61. The van der Waals surface area contributed by atoms with Crippen LogP contribution in [-0.4, -0.2) is 8.42 Å². The van der Waals surface area contributed by atoms with Gasteiger partial charge in [-0.05, 0) is 29.8 Å². The van der Waals surface area contributed by atoms with Crippen molar-refractivity contribution in [3.8, 4) is 12.1 Å². The molecule has 2 N–H and O–H groups in total. The number of allylic oxidation sites excluding steroid dienone is 1. The van der Waals surface area contributed by atoms with Crippen LogP contribution in [0.15, 0.2) is 71.3 Å². The number of hydrogen-bond donors (Lipinski definition) is 2. The van der Waals surface area contributed by atoms with Crippen molar-refractivity contribution in [2.24, 2.45) is 0 Å². The number of sulfonamides is 1. The third-order valence-corrected chi connectivity index (χ3v) is 4.51. The van der Waals surface area contributed by atoms with Crippen LogP contribution in [0.25, 0.3) is 0 Å². The summed E-state index contributed by atoms with van der Waals surface area (Å²) in [5.41, 5.74) is 1.36. The molecule has 0 radical (unpaired) electrons. The van der Waals surface area contributed by atoms with E-state index in [1.165, 1.54) is 18.3 Å². The van der Waals surface area contributed by atoms with E-state index in [1.54, 1.807) is 24.3 Å². The molecule has 2 aromatic carbocycles. The summed E-state index contributed by atoms with van der Waals surface area (Å²) < 4.78 is 27.0. The van der Waals surface area contributed by atoms with Gasteiger partial charge in [0.05, 0.1) is 4.90 Å². The summed E-state index contributed by atoms with van der Waals surface area (Å²) in [5, 5.41) is 20.0. The van der Waals surface area contributed by atoms with Gasteiger partial charge >= 0.3 is 0 Å². The molecule has 0 spiro atoms. The molecule has 0 aliphatic heterocycles. The van der Waals surface area contributed by atoms with Gasteiger partial charge in [-0.2, -0.15) is 10.5 Å². The molecule has 0 fully saturated rings. The zero-order valence-corrected chi connectivity index (χ0v) is 13.4. The summed E-state index contributed by atoms with van der Waals surface area (Å²) in [6.07, 6.45) is 1.26. The van der Waals surface area contributed by atoms with Crippen LogP contribution in [0.4, 0.5) is 5.69 Å². The first-order valence-corrected chi connectivity index (χ1v) is 8.44. The molecule has 0 amide bonds. The Morgan fingerprint density at radius 1 is 1.00 bits per heavy atom. The predicted octanol–water partition coefficient (Wildman–Crippen LogP) is 2.51. The highest BCUT2D eigenvalue weighted by molar-refractivity contribution is 7.89. The van der Waals surface area contributed by atoms with Gasteiger partial charge in [0.15, 0.2) is 0 Å². The molecular weight excluding hydrogens is 324 g/mol. The molecule has 2 rings (SSSR count). The van der Waals surface area contributed by atoms with Crippen molar-refractivity contribution in [2.45, 2.75) is 11.4 Å². The standard InChI is InChI=1S/C17H14N4O2S/c18-10-15(11-19)12-20-16-6-8-17(9-7-16)24(22,23)21-13-14-4-2-1-3-5-14/h1-9,12,20-21H,13H2. The van der Waals surface area contributed by atoms with Crippen LogP contribution in [0, 0.1) is 22.7 Å². The smallest absolute Gasteiger partial charge is 0.240 e. The van der Waals surface area contributed by atoms with Gasteiger partial charge in [-0.1, -0.05) is 30.3 Å². The molecule has 24 heavy (non-hydrogen) atoms. The first-order chi connectivity index (χ1) is 11.5. The number of rotatable bonds is 6. The van der Waals surface area contributed by atoms with E-state index in [4.69, 9.17) is 10.5 Å². The SMILES string of the molecule is N#CC(C#N)=CNc1ccc(S(=O)(=O)NCc2ccccc2)cc1. The van der Waals surface area contributed by atoms with E-state index in [9.17, 15) is 8.42 Å². The summed E-state index contributed by atoms with van der Waals surface area (Å²) in [6.45, 7) is 0.208. The molecule has 0 aliphatic carbocycles. The predicted molar refractivity (Wildman–Crippen MR) is 89.8 cm³/mol. The fourth-order valence-corrected chi connectivity index (χ4v) is 2.85. The largest absolute Gasteiger partial charge is 0.360 e. The maximum absolute atomic E-state index is 12.2. The monoisotopic (exact) mass is 338 g/mol. The molecule has 0 saturated carbocycles. The minimum absolute atomic E-state index is 0.0729. The zero-order valence-electron chi connectivity index (χ0n) is 12.6. The summed E-state index contributed by atoms with van der Waals surface area (Å²) in [4.78, 5) is 0.133. The average Bonchev–Trinajstić information content (AvgIpc) is 2.62. The first kappa shape index (κ1) is 17.2. The summed E-state index contributed by atoms with van der Waals surface area (Å²) in [5.74, 6) is 0. The maximum atomic E-state index is 12.2. The van der Waals surface area contributed by atoms with Crippen LogP contribution < -0.4 is 10.0 Å². The Labute approximate surface area is 140 Å². The normalized spacial score (nSPS) is 10.2. The summed E-state index contributed by atoms with van der Waals surface area (Å²) in [6, 6.07) is 18.7. The van der Waals surface area contributed by atoms with Crippen molar-refractivity contribution in [2.75, 3.05) is 5.32 Å². The molecule has 0 unspecified atom stereocenters. The third kappa shape index (κ3) is 4.68. The van der Waals surface area contributed by atoms with Crippen LogP contribution in [0.3, 0.4) is 0 Å². The molecule has 0 bridgehead atoms. The minimum Gasteiger partial charge on any atom is -0.360 e. The topological polar surface area (TPSA) is 106 Å². The second-order valence-electron chi connectivity index (χ2n) is 4.76. The highest BCUT2D eigenvalue weighted by atomic mass is 32.2. The fraction of sp³-hybridized carbons (Fsp3) is 0.0588. The number of nitrogens with one attached hydrogen (secondary N) is 2. The van der Waals surface area contributed by atoms with E-state index in [0.717, 1.165) is 5.56 Å². The van der Waals surface area contributed by atoms with E-state index in [2.05, 4.69) is 10.0 Å². The molecule has 2 aromatic rings. The molecule has 0 aliphatic rings. The van der Waals surface area contributed by atoms with Gasteiger partial charge in [0, 0.05) is 18.4 Å². The van der Waals surface area contributed by atoms with Gasteiger partial charge in [-0.3, -0.25) is 0 Å². The molecule has 6 nitrogen and oxygen atoms in total. The van der Waals surface area contributed by atoms with Crippen LogP contribution in [0.5, 0.6) is 0 Å². The van der Waals surface area contributed by atoms with Gasteiger partial charge in [-0.25, -0.2) is 13.1 Å². The zero-order chi connectivity index (χ0) is 17.4. The molecular formula is C17H14N4O2S. The Morgan fingerprint density at radius 2 is 1.62 bits per heavy atom. The van der Waals surface area contributed by atoms with Crippen molar-refractivity contribution >= 4 is 15.7 Å². The second kappa shape index (κ2) is 7.93. The van der Waals surface area contributed by atoms with Crippen LogP contribution in [0.1, 0.15) is 5.56 Å². The number of benzene rings is 2. The van der Waals surface area contributed by atoms with Gasteiger partial charge in [0.1, 0.15) is 17.7 Å². The van der Waals surface area contributed by atoms with Crippen molar-refractivity contribution in [3.05, 3.63) is 71.9 Å². The highest BCUT2D eigenvalue weighted by Crippen LogP contribution is 2.15. The van der Waals surface area contributed by atoms with E-state index < -0.39 is 10.0 Å². The lowest BCUT2D eigenvalue weighted by Gasteiger charge is -2.08. The van der Waals surface area contributed by atoms with E-state index in [0.29, 0.717) is 5.69 Å². The van der Waals surface area contributed by atoms with Crippen LogP contribution in [-0.2, 0) is 16.6 Å². The lowest BCUT2D eigenvalue weighted by atomic mass is 10.2. The van der Waals surface area contributed by atoms with Crippen molar-refractivity contribution in [1.82, 2.24) is 4.72 Å². The Kier molecular flexibility index (Phi) is 5.69. The maximum Gasteiger partial charge on any atom is 0.240 e. The number of hydrogen-bond acceptors (Lipinski definition) is 5. The lowest BCUT2D eigenvalue weighted by molar-refractivity contribution is 0.581. The number of nitrogens with zero attached hydrogens (tertiary/aromatic N) is 2. The quantitative estimate of drug-likeness (QED) is 0.787. The van der Waals surface area contributed by atoms with Crippen molar-refractivity contribution in [3.63, 3.8) is 0 Å². The summed E-state index contributed by atoms with van der Waals surface area (Å²) in [7, 11) is -3.61. The molecule has 0 saturated heterocycles. The fourth-order valence-electron chi connectivity index (χ4n) is 1.83. The molecule has 0 atom stereocenters. The Morgan fingerprint density at radius 3 is 2.21 bits per heavy atom. The second-order valence-corrected chi connectivity index (χ2v) is 6.53. The van der Waals surface area contributed by atoms with E-state index >= 15 is 0 Å². The number of nitriles is 2. The van der Waals surface area contributed by atoms with Crippen molar-refractivity contribution in [1.29, 1.82) is 10.5 Å². The Bertz CT molecular complexity index is 890. The van der Waals surface area contributed by atoms with Crippen molar-refractivity contribution < 1.29 is 8.42 Å². The highest BCUT2D eigenvalue weighted by Gasteiger charge is 2.13.